The number of piperidine rings is 1. The second-order valence-electron chi connectivity index (χ2n) is 7.48. The minimum atomic E-state index is 0.133. The van der Waals surface area contributed by atoms with Crippen LogP contribution < -0.4 is 10.2 Å². The van der Waals surface area contributed by atoms with Gasteiger partial charge in [0.05, 0.1) is 11.0 Å². The first kappa shape index (κ1) is 18.7. The lowest BCUT2D eigenvalue weighted by atomic mass is 9.95. The molecule has 5 heteroatoms. The van der Waals surface area contributed by atoms with Crippen LogP contribution >= 0.6 is 0 Å². The molecule has 5 nitrogen and oxygen atoms in total. The minimum Gasteiger partial charge on any atom is -0.353 e. The third-order valence-electron chi connectivity index (χ3n) is 5.52. The molecule has 26 heavy (non-hydrogen) atoms. The fourth-order valence-corrected chi connectivity index (χ4v) is 3.65. The molecule has 0 saturated carbocycles. The molecule has 142 valence electrons. The lowest BCUT2D eigenvalue weighted by molar-refractivity contribution is -0.126. The maximum Gasteiger partial charge on any atom is 0.223 e. The van der Waals surface area contributed by atoms with Crippen molar-refractivity contribution < 1.29 is 4.79 Å². The van der Waals surface area contributed by atoms with E-state index in [2.05, 4.69) is 59.8 Å². The van der Waals surface area contributed by atoms with Crippen LogP contribution in [0.3, 0.4) is 0 Å². The quantitative estimate of drug-likeness (QED) is 0.817. The number of rotatable bonds is 7. The molecular weight excluding hydrogens is 324 g/mol. The molecule has 1 atom stereocenters. The topological polar surface area (TPSA) is 50.2 Å². The molecule has 0 spiro atoms. The zero-order valence-electron chi connectivity index (χ0n) is 16.4. The van der Waals surface area contributed by atoms with E-state index in [1.54, 1.807) is 0 Å². The summed E-state index contributed by atoms with van der Waals surface area (Å²) >= 11 is 0. The predicted molar refractivity (Wildman–Crippen MR) is 107 cm³/mol. The molecule has 0 aliphatic carbocycles. The van der Waals surface area contributed by atoms with Crippen molar-refractivity contribution in [3.8, 4) is 0 Å². The van der Waals surface area contributed by atoms with Crippen molar-refractivity contribution in [2.75, 3.05) is 18.0 Å². The summed E-state index contributed by atoms with van der Waals surface area (Å²) in [7, 11) is 0. The van der Waals surface area contributed by atoms with Gasteiger partial charge in [-0.1, -0.05) is 32.4 Å². The lowest BCUT2D eigenvalue weighted by Crippen LogP contribution is -2.43. The third-order valence-corrected chi connectivity index (χ3v) is 5.52. The van der Waals surface area contributed by atoms with Crippen molar-refractivity contribution in [3.05, 3.63) is 24.3 Å². The van der Waals surface area contributed by atoms with Gasteiger partial charge in [0.2, 0.25) is 11.9 Å². The summed E-state index contributed by atoms with van der Waals surface area (Å²) in [6.07, 6.45) is 5.11. The van der Waals surface area contributed by atoms with Gasteiger partial charge >= 0.3 is 0 Å². The normalized spacial score (nSPS) is 16.8. The average molecular weight is 357 g/mol. The third kappa shape index (κ3) is 4.02. The molecule has 1 aliphatic heterocycles. The van der Waals surface area contributed by atoms with Gasteiger partial charge in [0.25, 0.3) is 0 Å². The van der Waals surface area contributed by atoms with Crippen molar-refractivity contribution in [2.45, 2.75) is 65.5 Å². The van der Waals surface area contributed by atoms with Crippen LogP contribution in [0.5, 0.6) is 0 Å². The highest BCUT2D eigenvalue weighted by Gasteiger charge is 2.28. The molecule has 3 rings (SSSR count). The van der Waals surface area contributed by atoms with Gasteiger partial charge in [0.15, 0.2) is 0 Å². The molecule has 1 N–H and O–H groups in total. The average Bonchev–Trinajstić information content (AvgIpc) is 3.04. The Bertz CT molecular complexity index is 731. The van der Waals surface area contributed by atoms with Gasteiger partial charge in [0.1, 0.15) is 0 Å². The van der Waals surface area contributed by atoms with E-state index in [1.807, 2.05) is 0 Å². The van der Waals surface area contributed by atoms with Crippen LogP contribution in [-0.4, -0.2) is 34.6 Å². The molecule has 0 bridgehead atoms. The SMILES string of the molecule is CCCCn1c(N2CCC(C(=O)N[C@H](C)CC)CC2)nc2ccccc21. The Morgan fingerprint density at radius 1 is 1.27 bits per heavy atom. The summed E-state index contributed by atoms with van der Waals surface area (Å²) in [6.45, 7) is 9.19. The van der Waals surface area contributed by atoms with Crippen molar-refractivity contribution in [2.24, 2.45) is 5.92 Å². The van der Waals surface area contributed by atoms with Crippen LogP contribution in [0.4, 0.5) is 5.95 Å². The predicted octanol–water partition coefficient (Wildman–Crippen LogP) is 3.97. The number of para-hydroxylation sites is 2. The fraction of sp³-hybridized carbons (Fsp3) is 0.619. The number of benzene rings is 1. The maximum absolute atomic E-state index is 12.4. The van der Waals surface area contributed by atoms with E-state index >= 15 is 0 Å². The van der Waals surface area contributed by atoms with E-state index in [0.29, 0.717) is 0 Å². The number of fused-ring (bicyclic) bond motifs is 1. The van der Waals surface area contributed by atoms with Crippen LogP contribution in [0.2, 0.25) is 0 Å². The number of nitrogens with one attached hydrogen (secondary N) is 1. The van der Waals surface area contributed by atoms with Crippen molar-refractivity contribution >= 4 is 22.9 Å². The zero-order valence-corrected chi connectivity index (χ0v) is 16.4. The molecule has 1 saturated heterocycles. The molecule has 1 fully saturated rings. The Morgan fingerprint density at radius 3 is 2.69 bits per heavy atom. The molecule has 0 radical (unpaired) electrons. The molecule has 1 amide bonds. The molecule has 2 aromatic rings. The number of carbonyl (C=O) groups is 1. The van der Waals surface area contributed by atoms with Crippen LogP contribution in [0.25, 0.3) is 11.0 Å². The number of anilines is 1. The van der Waals surface area contributed by atoms with E-state index < -0.39 is 0 Å². The molecule has 1 aromatic carbocycles. The highest BCUT2D eigenvalue weighted by Crippen LogP contribution is 2.27. The second kappa shape index (κ2) is 8.56. The number of carbonyl (C=O) groups excluding carboxylic acids is 1. The lowest BCUT2D eigenvalue weighted by Gasteiger charge is -2.33. The molecule has 1 aliphatic rings. The summed E-state index contributed by atoms with van der Waals surface area (Å²) in [5.41, 5.74) is 2.28. The van der Waals surface area contributed by atoms with Crippen LogP contribution in [-0.2, 0) is 11.3 Å². The van der Waals surface area contributed by atoms with Crippen LogP contribution in [0.15, 0.2) is 24.3 Å². The molecule has 0 unspecified atom stereocenters. The van der Waals surface area contributed by atoms with Gasteiger partial charge in [-0.2, -0.15) is 0 Å². The largest absolute Gasteiger partial charge is 0.353 e. The van der Waals surface area contributed by atoms with Crippen molar-refractivity contribution in [3.63, 3.8) is 0 Å². The van der Waals surface area contributed by atoms with E-state index in [9.17, 15) is 4.79 Å². The number of unbranched alkanes of at least 4 members (excludes halogenated alkanes) is 1. The Kier molecular flexibility index (Phi) is 6.17. The van der Waals surface area contributed by atoms with Gasteiger partial charge in [0, 0.05) is 31.6 Å². The first-order valence-corrected chi connectivity index (χ1v) is 10.1. The fourth-order valence-electron chi connectivity index (χ4n) is 3.65. The number of hydrogen-bond donors (Lipinski definition) is 1. The summed E-state index contributed by atoms with van der Waals surface area (Å²) in [4.78, 5) is 19.7. The second-order valence-corrected chi connectivity index (χ2v) is 7.48. The monoisotopic (exact) mass is 356 g/mol. The Hall–Kier alpha value is -2.04. The molecular formula is C21H32N4O. The maximum atomic E-state index is 12.4. The van der Waals surface area contributed by atoms with Crippen LogP contribution in [0.1, 0.15) is 52.9 Å². The highest BCUT2D eigenvalue weighted by atomic mass is 16.1. The van der Waals surface area contributed by atoms with E-state index in [1.165, 1.54) is 11.9 Å². The first-order chi connectivity index (χ1) is 12.6. The zero-order chi connectivity index (χ0) is 18.5. The smallest absolute Gasteiger partial charge is 0.223 e. The van der Waals surface area contributed by atoms with Gasteiger partial charge in [-0.05, 0) is 44.7 Å². The summed E-state index contributed by atoms with van der Waals surface area (Å²) in [5.74, 6) is 1.42. The summed E-state index contributed by atoms with van der Waals surface area (Å²) in [5, 5.41) is 3.14. The Morgan fingerprint density at radius 2 is 2.00 bits per heavy atom. The first-order valence-electron chi connectivity index (χ1n) is 10.1. The summed E-state index contributed by atoms with van der Waals surface area (Å²) in [6, 6.07) is 8.65. The standard InChI is InChI=1S/C21H32N4O/c1-4-6-13-25-19-10-8-7-9-18(19)23-21(25)24-14-11-17(12-15-24)20(26)22-16(3)5-2/h7-10,16-17H,4-6,11-15H2,1-3H3,(H,22,26)/t16-/m1/s1. The number of aryl methyl sites for hydroxylation is 1. The van der Waals surface area contributed by atoms with Gasteiger partial charge in [-0.15, -0.1) is 0 Å². The molecule has 1 aromatic heterocycles. The van der Waals surface area contributed by atoms with E-state index in [4.69, 9.17) is 4.98 Å². The van der Waals surface area contributed by atoms with E-state index in [-0.39, 0.29) is 17.9 Å². The Labute approximate surface area is 156 Å². The van der Waals surface area contributed by atoms with Gasteiger partial charge in [-0.25, -0.2) is 4.98 Å². The van der Waals surface area contributed by atoms with Gasteiger partial charge < -0.3 is 14.8 Å². The Balaban J connectivity index is 1.72. The van der Waals surface area contributed by atoms with Gasteiger partial charge in [-0.3, -0.25) is 4.79 Å². The summed E-state index contributed by atoms with van der Waals surface area (Å²) < 4.78 is 2.36. The number of aromatic nitrogens is 2. The number of amides is 1. The number of imidazole rings is 1. The molecule has 2 heterocycles. The number of hydrogen-bond acceptors (Lipinski definition) is 3. The number of nitrogens with zero attached hydrogens (tertiary/aromatic N) is 3. The van der Waals surface area contributed by atoms with Crippen molar-refractivity contribution in [1.82, 2.24) is 14.9 Å². The minimum absolute atomic E-state index is 0.133. The van der Waals surface area contributed by atoms with Crippen LogP contribution in [0, 0.1) is 5.92 Å². The highest BCUT2D eigenvalue weighted by molar-refractivity contribution is 5.80. The van der Waals surface area contributed by atoms with E-state index in [0.717, 1.165) is 56.8 Å². The van der Waals surface area contributed by atoms with Crippen molar-refractivity contribution in [1.29, 1.82) is 0 Å².